The van der Waals surface area contributed by atoms with Crippen LogP contribution in [0, 0.1) is 5.92 Å². The SMILES string of the molecule is COc1ccc(C(C(C)N)N2CCC(O)C(C)C2)cc1. The highest BCUT2D eigenvalue weighted by molar-refractivity contribution is 5.30. The Kier molecular flexibility index (Phi) is 5.02. The highest BCUT2D eigenvalue weighted by Crippen LogP contribution is 2.29. The minimum atomic E-state index is -0.184. The zero-order valence-corrected chi connectivity index (χ0v) is 12.6. The summed E-state index contributed by atoms with van der Waals surface area (Å²) in [6, 6.07) is 8.37. The third kappa shape index (κ3) is 3.32. The fraction of sp³-hybridized carbons (Fsp3) is 0.625. The molecule has 4 atom stereocenters. The maximum absolute atomic E-state index is 9.88. The fourth-order valence-electron chi connectivity index (χ4n) is 3.07. The first-order valence-corrected chi connectivity index (χ1v) is 7.34. The summed E-state index contributed by atoms with van der Waals surface area (Å²) in [5.41, 5.74) is 7.43. The second-order valence-electron chi connectivity index (χ2n) is 5.91. The summed E-state index contributed by atoms with van der Waals surface area (Å²) >= 11 is 0. The minimum absolute atomic E-state index is 0.0471. The zero-order valence-electron chi connectivity index (χ0n) is 12.6. The molecule has 0 saturated carbocycles. The summed E-state index contributed by atoms with van der Waals surface area (Å²) < 4.78 is 5.21. The molecule has 112 valence electrons. The van der Waals surface area contributed by atoms with E-state index in [2.05, 4.69) is 24.0 Å². The number of methoxy groups -OCH3 is 1. The lowest BCUT2D eigenvalue weighted by molar-refractivity contribution is 0.0126. The van der Waals surface area contributed by atoms with Crippen molar-refractivity contribution in [2.24, 2.45) is 11.7 Å². The fourth-order valence-corrected chi connectivity index (χ4v) is 3.07. The van der Waals surface area contributed by atoms with Gasteiger partial charge < -0.3 is 15.6 Å². The Bertz CT molecular complexity index is 419. The van der Waals surface area contributed by atoms with E-state index in [0.717, 1.165) is 25.3 Å². The number of ether oxygens (including phenoxy) is 1. The first-order chi connectivity index (χ1) is 9.52. The summed E-state index contributed by atoms with van der Waals surface area (Å²) in [7, 11) is 1.67. The Balaban J connectivity index is 2.18. The number of piperidine rings is 1. The van der Waals surface area contributed by atoms with Crippen LogP contribution in [0.3, 0.4) is 0 Å². The van der Waals surface area contributed by atoms with E-state index in [9.17, 15) is 5.11 Å². The highest BCUT2D eigenvalue weighted by Gasteiger charge is 2.31. The molecule has 1 aliphatic heterocycles. The molecule has 0 amide bonds. The van der Waals surface area contributed by atoms with Crippen LogP contribution in [0.25, 0.3) is 0 Å². The average Bonchev–Trinajstić information content (AvgIpc) is 2.43. The van der Waals surface area contributed by atoms with Gasteiger partial charge in [0.2, 0.25) is 0 Å². The van der Waals surface area contributed by atoms with Crippen LogP contribution in [-0.2, 0) is 0 Å². The van der Waals surface area contributed by atoms with Crippen LogP contribution in [0.4, 0.5) is 0 Å². The van der Waals surface area contributed by atoms with Gasteiger partial charge in [0.15, 0.2) is 0 Å². The Morgan fingerprint density at radius 3 is 2.50 bits per heavy atom. The Morgan fingerprint density at radius 1 is 1.35 bits per heavy atom. The Hall–Kier alpha value is -1.10. The van der Waals surface area contributed by atoms with Crippen molar-refractivity contribution in [1.82, 2.24) is 4.90 Å². The van der Waals surface area contributed by atoms with Gasteiger partial charge in [-0.15, -0.1) is 0 Å². The molecule has 4 heteroatoms. The molecule has 0 aliphatic carbocycles. The quantitative estimate of drug-likeness (QED) is 0.881. The van der Waals surface area contributed by atoms with Crippen LogP contribution in [0.2, 0.25) is 0 Å². The first-order valence-electron chi connectivity index (χ1n) is 7.34. The molecule has 0 aromatic heterocycles. The van der Waals surface area contributed by atoms with Gasteiger partial charge >= 0.3 is 0 Å². The molecule has 1 aromatic carbocycles. The normalized spacial score (nSPS) is 27.1. The predicted molar refractivity (Wildman–Crippen MR) is 80.7 cm³/mol. The molecule has 1 heterocycles. The van der Waals surface area contributed by atoms with Crippen LogP contribution in [0.5, 0.6) is 5.75 Å². The molecule has 1 saturated heterocycles. The smallest absolute Gasteiger partial charge is 0.118 e. The van der Waals surface area contributed by atoms with Crippen LogP contribution in [0.15, 0.2) is 24.3 Å². The van der Waals surface area contributed by atoms with Crippen molar-refractivity contribution < 1.29 is 9.84 Å². The molecule has 1 aromatic rings. The van der Waals surface area contributed by atoms with E-state index in [4.69, 9.17) is 10.5 Å². The lowest BCUT2D eigenvalue weighted by Gasteiger charge is -2.41. The van der Waals surface area contributed by atoms with Gasteiger partial charge in [-0.1, -0.05) is 19.1 Å². The van der Waals surface area contributed by atoms with Gasteiger partial charge in [-0.25, -0.2) is 0 Å². The minimum Gasteiger partial charge on any atom is -0.497 e. The molecular weight excluding hydrogens is 252 g/mol. The summed E-state index contributed by atoms with van der Waals surface area (Å²) in [4.78, 5) is 2.39. The Labute approximate surface area is 121 Å². The summed E-state index contributed by atoms with van der Waals surface area (Å²) in [6.07, 6.45) is 0.636. The summed E-state index contributed by atoms with van der Waals surface area (Å²) in [6.45, 7) is 5.93. The van der Waals surface area contributed by atoms with Crippen molar-refractivity contribution in [3.05, 3.63) is 29.8 Å². The molecular formula is C16H26N2O2. The topological polar surface area (TPSA) is 58.7 Å². The molecule has 20 heavy (non-hydrogen) atoms. The summed E-state index contributed by atoms with van der Waals surface area (Å²) in [5, 5.41) is 9.88. The molecule has 0 radical (unpaired) electrons. The molecule has 0 spiro atoms. The maximum Gasteiger partial charge on any atom is 0.118 e. The van der Waals surface area contributed by atoms with E-state index in [1.807, 2.05) is 19.1 Å². The zero-order chi connectivity index (χ0) is 14.7. The van der Waals surface area contributed by atoms with Crippen molar-refractivity contribution >= 4 is 0 Å². The van der Waals surface area contributed by atoms with Crippen molar-refractivity contribution in [1.29, 1.82) is 0 Å². The van der Waals surface area contributed by atoms with Gasteiger partial charge in [-0.2, -0.15) is 0 Å². The largest absolute Gasteiger partial charge is 0.497 e. The predicted octanol–water partition coefficient (Wildman–Crippen LogP) is 1.79. The number of nitrogens with two attached hydrogens (primary N) is 1. The number of hydrogen-bond donors (Lipinski definition) is 2. The molecule has 1 fully saturated rings. The third-order valence-electron chi connectivity index (χ3n) is 4.24. The van der Waals surface area contributed by atoms with Crippen LogP contribution in [0.1, 0.15) is 31.9 Å². The molecule has 4 nitrogen and oxygen atoms in total. The average molecular weight is 278 g/mol. The van der Waals surface area contributed by atoms with Crippen molar-refractivity contribution in [2.75, 3.05) is 20.2 Å². The molecule has 0 bridgehead atoms. The van der Waals surface area contributed by atoms with E-state index in [-0.39, 0.29) is 18.2 Å². The molecule has 2 rings (SSSR count). The van der Waals surface area contributed by atoms with Gasteiger partial charge in [0.25, 0.3) is 0 Å². The maximum atomic E-state index is 9.88. The first kappa shape index (κ1) is 15.3. The number of aliphatic hydroxyl groups is 1. The molecule has 3 N–H and O–H groups in total. The standard InChI is InChI=1S/C16H26N2O2/c1-11-10-18(9-8-15(11)19)16(12(2)17)13-4-6-14(20-3)7-5-13/h4-7,11-12,15-16,19H,8-10,17H2,1-3H3. The number of benzene rings is 1. The lowest BCUT2D eigenvalue weighted by Crippen LogP contribution is -2.48. The number of nitrogens with zero attached hydrogens (tertiary/aromatic N) is 1. The number of likely N-dealkylation sites (tertiary alicyclic amines) is 1. The van der Waals surface area contributed by atoms with Crippen molar-refractivity contribution in [2.45, 2.75) is 38.5 Å². The highest BCUT2D eigenvalue weighted by atomic mass is 16.5. The van der Waals surface area contributed by atoms with Crippen LogP contribution >= 0.6 is 0 Å². The van der Waals surface area contributed by atoms with Gasteiger partial charge in [-0.05, 0) is 37.0 Å². The van der Waals surface area contributed by atoms with E-state index < -0.39 is 0 Å². The monoisotopic (exact) mass is 278 g/mol. The van der Waals surface area contributed by atoms with E-state index >= 15 is 0 Å². The van der Waals surface area contributed by atoms with Crippen LogP contribution < -0.4 is 10.5 Å². The summed E-state index contributed by atoms with van der Waals surface area (Å²) in [5.74, 6) is 1.16. The van der Waals surface area contributed by atoms with E-state index in [1.165, 1.54) is 5.56 Å². The Morgan fingerprint density at radius 2 is 2.00 bits per heavy atom. The number of hydrogen-bond acceptors (Lipinski definition) is 4. The molecule has 4 unspecified atom stereocenters. The van der Waals surface area contributed by atoms with Crippen molar-refractivity contribution in [3.8, 4) is 5.75 Å². The third-order valence-corrected chi connectivity index (χ3v) is 4.24. The second-order valence-corrected chi connectivity index (χ2v) is 5.91. The number of aliphatic hydroxyl groups excluding tert-OH is 1. The lowest BCUT2D eigenvalue weighted by atomic mass is 9.91. The van der Waals surface area contributed by atoms with Gasteiger partial charge in [0.1, 0.15) is 5.75 Å². The van der Waals surface area contributed by atoms with Gasteiger partial charge in [0.05, 0.1) is 13.2 Å². The molecule has 1 aliphatic rings. The van der Waals surface area contributed by atoms with Gasteiger partial charge in [-0.3, -0.25) is 4.90 Å². The number of rotatable bonds is 4. The van der Waals surface area contributed by atoms with Gasteiger partial charge in [0, 0.05) is 25.2 Å². The second kappa shape index (κ2) is 6.57. The van der Waals surface area contributed by atoms with E-state index in [0.29, 0.717) is 5.92 Å². The van der Waals surface area contributed by atoms with Crippen LogP contribution in [-0.4, -0.2) is 42.4 Å². The van der Waals surface area contributed by atoms with E-state index in [1.54, 1.807) is 7.11 Å². The van der Waals surface area contributed by atoms with Crippen molar-refractivity contribution in [3.63, 3.8) is 0 Å².